The lowest BCUT2D eigenvalue weighted by Crippen LogP contribution is -2.16. The number of hydrogen-bond acceptors (Lipinski definition) is 3. The van der Waals surface area contributed by atoms with Gasteiger partial charge in [0.15, 0.2) is 6.29 Å². The monoisotopic (exact) mass is 237 g/mol. The Morgan fingerprint density at radius 3 is 2.88 bits per heavy atom. The highest BCUT2D eigenvalue weighted by molar-refractivity contribution is 5.80. The summed E-state index contributed by atoms with van der Waals surface area (Å²) in [5.41, 5.74) is 0.957. The van der Waals surface area contributed by atoms with Crippen LogP contribution in [-0.4, -0.2) is 26.5 Å². The molecule has 0 bridgehead atoms. The average molecular weight is 237 g/mol. The Kier molecular flexibility index (Phi) is 3.74. The highest BCUT2D eigenvalue weighted by atomic mass is 19.1. The molecule has 0 heterocycles. The van der Waals surface area contributed by atoms with Crippen LogP contribution in [0.2, 0.25) is 0 Å². The minimum absolute atomic E-state index is 0.0190. The van der Waals surface area contributed by atoms with Gasteiger partial charge in [0.05, 0.1) is 5.56 Å². The minimum Gasteiger partial charge on any atom is -0.491 e. The number of carbonyl (C=O) groups is 1. The lowest BCUT2D eigenvalue weighted by Gasteiger charge is -2.11. The Hall–Kier alpha value is -1.42. The van der Waals surface area contributed by atoms with Crippen LogP contribution in [0, 0.1) is 5.82 Å². The molecule has 2 rings (SSSR count). The zero-order valence-corrected chi connectivity index (χ0v) is 9.83. The van der Waals surface area contributed by atoms with Gasteiger partial charge in [0.2, 0.25) is 0 Å². The van der Waals surface area contributed by atoms with Crippen LogP contribution >= 0.6 is 0 Å². The van der Waals surface area contributed by atoms with Gasteiger partial charge in [0, 0.05) is 6.54 Å². The van der Waals surface area contributed by atoms with E-state index in [-0.39, 0.29) is 5.56 Å². The van der Waals surface area contributed by atoms with E-state index >= 15 is 0 Å². The van der Waals surface area contributed by atoms with Crippen LogP contribution in [0.15, 0.2) is 12.1 Å². The number of ether oxygens (including phenoxy) is 1. The predicted molar refractivity (Wildman–Crippen MR) is 63.2 cm³/mol. The minimum atomic E-state index is -0.483. The Morgan fingerprint density at radius 1 is 1.53 bits per heavy atom. The second-order valence-corrected chi connectivity index (χ2v) is 4.26. The first-order valence-corrected chi connectivity index (χ1v) is 5.82. The quantitative estimate of drug-likeness (QED) is 0.608. The van der Waals surface area contributed by atoms with Gasteiger partial charge in [-0.05, 0) is 43.5 Å². The van der Waals surface area contributed by atoms with Crippen LogP contribution in [-0.2, 0) is 0 Å². The summed E-state index contributed by atoms with van der Waals surface area (Å²) in [6.45, 7) is 1.08. The summed E-state index contributed by atoms with van der Waals surface area (Å²) in [6, 6.07) is 3.24. The molecule has 0 atom stereocenters. The molecule has 0 aliphatic heterocycles. The maximum atomic E-state index is 13.7. The average Bonchev–Trinajstić information content (AvgIpc) is 3.13. The summed E-state index contributed by atoms with van der Waals surface area (Å²) in [5.74, 6) is 0.317. The molecule has 1 aliphatic rings. The van der Waals surface area contributed by atoms with Crippen molar-refractivity contribution in [1.29, 1.82) is 0 Å². The van der Waals surface area contributed by atoms with Gasteiger partial charge in [-0.25, -0.2) is 4.39 Å². The van der Waals surface area contributed by atoms with Crippen molar-refractivity contribution in [2.45, 2.75) is 18.8 Å². The lowest BCUT2D eigenvalue weighted by atomic mass is 10.1. The molecule has 0 aromatic heterocycles. The van der Waals surface area contributed by atoms with E-state index in [1.54, 1.807) is 6.07 Å². The second-order valence-electron chi connectivity index (χ2n) is 4.26. The third-order valence-electron chi connectivity index (χ3n) is 2.89. The van der Waals surface area contributed by atoms with Crippen LogP contribution in [0.5, 0.6) is 5.75 Å². The van der Waals surface area contributed by atoms with Gasteiger partial charge in [-0.15, -0.1) is 0 Å². The zero-order valence-electron chi connectivity index (χ0n) is 9.83. The van der Waals surface area contributed by atoms with E-state index in [1.165, 1.54) is 6.07 Å². The largest absolute Gasteiger partial charge is 0.491 e. The van der Waals surface area contributed by atoms with Crippen molar-refractivity contribution in [2.75, 3.05) is 20.2 Å². The molecule has 1 aromatic rings. The Labute approximate surface area is 100.0 Å². The molecule has 1 aromatic carbocycles. The summed E-state index contributed by atoms with van der Waals surface area (Å²) in [4.78, 5) is 10.8. The maximum absolute atomic E-state index is 13.7. The number of rotatable bonds is 6. The van der Waals surface area contributed by atoms with Gasteiger partial charge in [-0.2, -0.15) is 0 Å². The number of hydrogen-bond donors (Lipinski definition) is 1. The van der Waals surface area contributed by atoms with Crippen LogP contribution in [0.25, 0.3) is 0 Å². The molecule has 1 saturated carbocycles. The van der Waals surface area contributed by atoms with Crippen molar-refractivity contribution in [3.05, 3.63) is 29.1 Å². The normalized spacial score (nSPS) is 14.7. The van der Waals surface area contributed by atoms with Gasteiger partial charge >= 0.3 is 0 Å². The van der Waals surface area contributed by atoms with E-state index in [0.29, 0.717) is 31.1 Å². The first-order chi connectivity index (χ1) is 8.26. The van der Waals surface area contributed by atoms with Crippen molar-refractivity contribution in [3.63, 3.8) is 0 Å². The summed E-state index contributed by atoms with van der Waals surface area (Å²) in [5, 5.41) is 2.93. The fourth-order valence-corrected chi connectivity index (χ4v) is 1.76. The van der Waals surface area contributed by atoms with Gasteiger partial charge < -0.3 is 10.1 Å². The fraction of sp³-hybridized carbons (Fsp3) is 0.462. The van der Waals surface area contributed by atoms with E-state index in [4.69, 9.17) is 4.74 Å². The molecule has 3 nitrogen and oxygen atoms in total. The molecule has 0 radical (unpaired) electrons. The van der Waals surface area contributed by atoms with Crippen molar-refractivity contribution in [3.8, 4) is 5.75 Å². The third-order valence-corrected chi connectivity index (χ3v) is 2.89. The molecular formula is C13H16FNO2. The molecule has 1 aliphatic carbocycles. The Morgan fingerprint density at radius 2 is 2.29 bits per heavy atom. The van der Waals surface area contributed by atoms with Crippen molar-refractivity contribution >= 4 is 6.29 Å². The van der Waals surface area contributed by atoms with E-state index in [9.17, 15) is 9.18 Å². The van der Waals surface area contributed by atoms with Crippen LogP contribution < -0.4 is 10.1 Å². The second kappa shape index (κ2) is 5.27. The molecule has 1 N–H and O–H groups in total. The van der Waals surface area contributed by atoms with E-state index in [0.717, 1.165) is 18.4 Å². The number of likely N-dealkylation sites (N-methyl/N-ethyl adjacent to an activating group) is 1. The van der Waals surface area contributed by atoms with Gasteiger partial charge in [-0.1, -0.05) is 0 Å². The lowest BCUT2D eigenvalue weighted by molar-refractivity contribution is 0.111. The van der Waals surface area contributed by atoms with E-state index in [1.807, 2.05) is 7.05 Å². The fourth-order valence-electron chi connectivity index (χ4n) is 1.76. The maximum Gasteiger partial charge on any atom is 0.156 e. The summed E-state index contributed by atoms with van der Waals surface area (Å²) >= 11 is 0. The number of benzene rings is 1. The van der Waals surface area contributed by atoms with E-state index < -0.39 is 5.82 Å². The smallest absolute Gasteiger partial charge is 0.156 e. The third kappa shape index (κ3) is 2.82. The molecular weight excluding hydrogens is 221 g/mol. The summed E-state index contributed by atoms with van der Waals surface area (Å²) in [7, 11) is 1.81. The van der Waals surface area contributed by atoms with Crippen LogP contribution in [0.1, 0.15) is 34.7 Å². The standard InChI is InChI=1S/C13H16FNO2/c1-15-4-5-17-13-7-10(9-2-3-9)6-12(14)11(13)8-16/h6-9,15H,2-5H2,1H3. The highest BCUT2D eigenvalue weighted by Gasteiger charge is 2.26. The molecule has 92 valence electrons. The van der Waals surface area contributed by atoms with Gasteiger partial charge in [0.25, 0.3) is 0 Å². The Bertz CT molecular complexity index is 416. The SMILES string of the molecule is CNCCOc1cc(C2CC2)cc(F)c1C=O. The first kappa shape index (κ1) is 12.0. The first-order valence-electron chi connectivity index (χ1n) is 5.82. The number of halogens is 1. The predicted octanol–water partition coefficient (Wildman–Crippen LogP) is 2.11. The molecule has 0 amide bonds. The van der Waals surface area contributed by atoms with Gasteiger partial charge in [-0.3, -0.25) is 4.79 Å². The molecule has 0 saturated heterocycles. The van der Waals surface area contributed by atoms with Crippen LogP contribution in [0.3, 0.4) is 0 Å². The molecule has 0 spiro atoms. The molecule has 0 unspecified atom stereocenters. The number of nitrogens with one attached hydrogen (secondary N) is 1. The van der Waals surface area contributed by atoms with Crippen molar-refractivity contribution in [1.82, 2.24) is 5.32 Å². The number of aldehydes is 1. The topological polar surface area (TPSA) is 38.3 Å². The van der Waals surface area contributed by atoms with Crippen LogP contribution in [0.4, 0.5) is 4.39 Å². The summed E-state index contributed by atoms with van der Waals surface area (Å²) in [6.07, 6.45) is 2.70. The highest BCUT2D eigenvalue weighted by Crippen LogP contribution is 2.42. The van der Waals surface area contributed by atoms with Gasteiger partial charge in [0.1, 0.15) is 18.2 Å². The van der Waals surface area contributed by atoms with E-state index in [2.05, 4.69) is 5.32 Å². The molecule has 4 heteroatoms. The van der Waals surface area contributed by atoms with Crippen molar-refractivity contribution < 1.29 is 13.9 Å². The number of carbonyl (C=O) groups excluding carboxylic acids is 1. The zero-order chi connectivity index (χ0) is 12.3. The Balaban J connectivity index is 2.22. The molecule has 1 fully saturated rings. The summed E-state index contributed by atoms with van der Waals surface area (Å²) < 4.78 is 19.1. The molecule has 17 heavy (non-hydrogen) atoms. The van der Waals surface area contributed by atoms with Crippen molar-refractivity contribution in [2.24, 2.45) is 0 Å².